The van der Waals surface area contributed by atoms with Crippen molar-refractivity contribution in [2.75, 3.05) is 5.73 Å². The van der Waals surface area contributed by atoms with Gasteiger partial charge in [-0.1, -0.05) is 34.8 Å². The fraction of sp³-hybridized carbons (Fsp3) is 0.143. The molecule has 1 aromatic rings. The maximum Gasteiger partial charge on any atom is 0.179 e. The van der Waals surface area contributed by atoms with Crippen LogP contribution < -0.4 is 5.73 Å². The van der Waals surface area contributed by atoms with Crippen molar-refractivity contribution in [3.05, 3.63) is 20.9 Å². The van der Waals surface area contributed by atoms with E-state index in [4.69, 9.17) is 40.5 Å². The van der Waals surface area contributed by atoms with Crippen LogP contribution in [0, 0.1) is 0 Å². The van der Waals surface area contributed by atoms with Gasteiger partial charge in [0, 0.05) is 6.92 Å². The molecular weight excluding hydrogens is 234 g/mol. The average molecular weight is 239 g/mol. The van der Waals surface area contributed by atoms with Crippen molar-refractivity contribution in [2.24, 2.45) is 0 Å². The first-order valence-corrected chi connectivity index (χ1v) is 4.39. The number of pyridine rings is 1. The highest BCUT2D eigenvalue weighted by Gasteiger charge is 2.16. The zero-order valence-electron chi connectivity index (χ0n) is 6.57. The fourth-order valence-corrected chi connectivity index (χ4v) is 1.41. The minimum Gasteiger partial charge on any atom is -0.396 e. The van der Waals surface area contributed by atoms with Crippen LogP contribution in [0.5, 0.6) is 0 Å². The monoisotopic (exact) mass is 238 g/mol. The van der Waals surface area contributed by atoms with Gasteiger partial charge in [0.25, 0.3) is 0 Å². The molecule has 0 spiro atoms. The van der Waals surface area contributed by atoms with Crippen LogP contribution in [0.2, 0.25) is 15.2 Å². The lowest BCUT2D eigenvalue weighted by molar-refractivity contribution is 0.101. The molecular formula is C7H5Cl3N2O. The lowest BCUT2D eigenvalue weighted by Crippen LogP contribution is -2.02. The number of nitrogen functional groups attached to an aromatic ring is 1. The summed E-state index contributed by atoms with van der Waals surface area (Å²) in [6, 6.07) is 0. The highest BCUT2D eigenvalue weighted by molar-refractivity contribution is 6.46. The van der Waals surface area contributed by atoms with Gasteiger partial charge in [-0.15, -0.1) is 0 Å². The molecule has 0 saturated heterocycles. The Bertz CT molecular complexity index is 378. The third-order valence-corrected chi connectivity index (χ3v) is 2.54. The predicted octanol–water partition coefficient (Wildman–Crippen LogP) is 2.83. The fourth-order valence-electron chi connectivity index (χ4n) is 0.765. The van der Waals surface area contributed by atoms with Crippen LogP contribution in [0.1, 0.15) is 17.4 Å². The van der Waals surface area contributed by atoms with Crippen molar-refractivity contribution < 1.29 is 4.79 Å². The lowest BCUT2D eigenvalue weighted by Gasteiger charge is -2.05. The topological polar surface area (TPSA) is 56.0 Å². The summed E-state index contributed by atoms with van der Waals surface area (Å²) >= 11 is 17.0. The third-order valence-electron chi connectivity index (χ3n) is 1.41. The van der Waals surface area contributed by atoms with Gasteiger partial charge in [0.15, 0.2) is 10.9 Å². The highest BCUT2D eigenvalue weighted by Crippen LogP contribution is 2.34. The first-order chi connectivity index (χ1) is 5.95. The van der Waals surface area contributed by atoms with Gasteiger partial charge in [0.1, 0.15) is 10.7 Å². The molecule has 0 atom stereocenters. The Morgan fingerprint density at radius 1 is 1.31 bits per heavy atom. The van der Waals surface area contributed by atoms with Crippen molar-refractivity contribution in [1.82, 2.24) is 4.98 Å². The summed E-state index contributed by atoms with van der Waals surface area (Å²) in [5.41, 5.74) is 5.59. The number of nitrogens with two attached hydrogens (primary N) is 1. The predicted molar refractivity (Wildman–Crippen MR) is 53.7 cm³/mol. The molecule has 0 bridgehead atoms. The molecule has 1 aromatic heterocycles. The number of carbonyl (C=O) groups excluding carboxylic acids is 1. The van der Waals surface area contributed by atoms with E-state index < -0.39 is 0 Å². The van der Waals surface area contributed by atoms with Gasteiger partial charge in [-0.05, 0) is 0 Å². The minimum atomic E-state index is -0.310. The highest BCUT2D eigenvalue weighted by atomic mass is 35.5. The van der Waals surface area contributed by atoms with Crippen molar-refractivity contribution in [2.45, 2.75) is 6.92 Å². The van der Waals surface area contributed by atoms with E-state index in [-0.39, 0.29) is 32.4 Å². The molecule has 13 heavy (non-hydrogen) atoms. The summed E-state index contributed by atoms with van der Waals surface area (Å²) in [5, 5.41) is 0.0901. The molecule has 0 amide bonds. The Morgan fingerprint density at radius 3 is 2.31 bits per heavy atom. The van der Waals surface area contributed by atoms with Crippen molar-refractivity contribution in [1.29, 1.82) is 0 Å². The van der Waals surface area contributed by atoms with E-state index >= 15 is 0 Å². The van der Waals surface area contributed by atoms with E-state index in [1.54, 1.807) is 0 Å². The summed E-state index contributed by atoms with van der Waals surface area (Å²) < 4.78 is 0. The standard InChI is InChI=1S/C7H5Cl3N2O/c1-2(13)6-3(8)5(11)4(9)7(10)12-6/h1H3,(H2,11,12). The molecule has 0 radical (unpaired) electrons. The quantitative estimate of drug-likeness (QED) is 0.605. The molecule has 6 heteroatoms. The molecule has 2 N–H and O–H groups in total. The molecule has 3 nitrogen and oxygen atoms in total. The lowest BCUT2D eigenvalue weighted by atomic mass is 10.2. The number of hydrogen-bond acceptors (Lipinski definition) is 3. The van der Waals surface area contributed by atoms with Crippen molar-refractivity contribution >= 4 is 46.3 Å². The summed E-state index contributed by atoms with van der Waals surface area (Å²) in [4.78, 5) is 14.7. The van der Waals surface area contributed by atoms with Crippen LogP contribution in [-0.4, -0.2) is 10.8 Å². The summed E-state index contributed by atoms with van der Waals surface area (Å²) in [6.45, 7) is 1.32. The first-order valence-electron chi connectivity index (χ1n) is 3.26. The van der Waals surface area contributed by atoms with Crippen molar-refractivity contribution in [3.8, 4) is 0 Å². The number of halogens is 3. The second kappa shape index (κ2) is 3.70. The number of rotatable bonds is 1. The Labute approximate surface area is 89.8 Å². The smallest absolute Gasteiger partial charge is 0.179 e. The van der Waals surface area contributed by atoms with Crippen LogP contribution >= 0.6 is 34.8 Å². The average Bonchev–Trinajstić information content (AvgIpc) is 2.07. The van der Waals surface area contributed by atoms with Crippen LogP contribution in [-0.2, 0) is 0 Å². The zero-order chi connectivity index (χ0) is 10.2. The molecule has 70 valence electrons. The summed E-state index contributed by atoms with van der Waals surface area (Å²) in [5.74, 6) is -0.310. The largest absolute Gasteiger partial charge is 0.396 e. The molecule has 1 heterocycles. The SMILES string of the molecule is CC(=O)c1nc(Cl)c(Cl)c(N)c1Cl. The normalized spacial score (nSPS) is 10.2. The van der Waals surface area contributed by atoms with Crippen LogP contribution in [0.3, 0.4) is 0 Å². The number of hydrogen-bond donors (Lipinski definition) is 1. The van der Waals surface area contributed by atoms with Gasteiger partial charge in [-0.25, -0.2) is 4.98 Å². The van der Waals surface area contributed by atoms with E-state index in [0.29, 0.717) is 0 Å². The van der Waals surface area contributed by atoms with Gasteiger partial charge < -0.3 is 5.73 Å². The third kappa shape index (κ3) is 1.88. The second-order valence-electron chi connectivity index (χ2n) is 2.35. The van der Waals surface area contributed by atoms with Crippen LogP contribution in [0.15, 0.2) is 0 Å². The Kier molecular flexibility index (Phi) is 3.01. The molecule has 0 aromatic carbocycles. The van der Waals surface area contributed by atoms with Gasteiger partial charge in [-0.3, -0.25) is 4.79 Å². The van der Waals surface area contributed by atoms with Gasteiger partial charge in [0.2, 0.25) is 0 Å². The Hall–Kier alpha value is -0.510. The number of carbonyl (C=O) groups is 1. The van der Waals surface area contributed by atoms with Gasteiger partial charge in [-0.2, -0.15) is 0 Å². The number of anilines is 1. The minimum absolute atomic E-state index is 0.0197. The van der Waals surface area contributed by atoms with Crippen LogP contribution in [0.25, 0.3) is 0 Å². The first kappa shape index (κ1) is 10.6. The van der Waals surface area contributed by atoms with Gasteiger partial charge in [0.05, 0.1) is 10.7 Å². The van der Waals surface area contributed by atoms with E-state index in [1.807, 2.05) is 0 Å². The van der Waals surface area contributed by atoms with E-state index in [2.05, 4.69) is 4.98 Å². The van der Waals surface area contributed by atoms with E-state index in [9.17, 15) is 4.79 Å². The Morgan fingerprint density at radius 2 is 1.85 bits per heavy atom. The molecule has 1 rings (SSSR count). The molecule has 0 unspecified atom stereocenters. The number of nitrogens with zero attached hydrogens (tertiary/aromatic N) is 1. The maximum atomic E-state index is 11.0. The molecule has 0 aliphatic rings. The maximum absolute atomic E-state index is 11.0. The number of ketones is 1. The molecule has 0 aliphatic carbocycles. The number of aromatic nitrogens is 1. The number of Topliss-reactive ketones (excluding diaryl/α,β-unsaturated/α-hetero) is 1. The summed E-state index contributed by atoms with van der Waals surface area (Å²) in [6.07, 6.45) is 0. The summed E-state index contributed by atoms with van der Waals surface area (Å²) in [7, 11) is 0. The second-order valence-corrected chi connectivity index (χ2v) is 3.46. The van der Waals surface area contributed by atoms with E-state index in [0.717, 1.165) is 0 Å². The van der Waals surface area contributed by atoms with E-state index in [1.165, 1.54) is 6.92 Å². The molecule has 0 aliphatic heterocycles. The Balaban J connectivity index is 3.50. The molecule has 0 fully saturated rings. The molecule has 0 saturated carbocycles. The van der Waals surface area contributed by atoms with Gasteiger partial charge >= 0.3 is 0 Å². The van der Waals surface area contributed by atoms with Crippen LogP contribution in [0.4, 0.5) is 5.69 Å². The zero-order valence-corrected chi connectivity index (χ0v) is 8.83. The van der Waals surface area contributed by atoms with Crippen molar-refractivity contribution in [3.63, 3.8) is 0 Å².